The molecule has 7 heteroatoms. The molecule has 0 aromatic carbocycles. The standard InChI is InChI=1S/C21H23N5O2/c1-28-20-18(7-3-9-24-20)21(27)26-11-4-6-17(15-26)19-23-10-12-25(19)14-16-5-2-8-22-13-16/h2-3,5,7-10,12-13,17H,4,6,11,14-15H2,1H3/t17-/m1/s1. The van der Waals surface area contributed by atoms with Crippen molar-refractivity contribution in [1.29, 1.82) is 0 Å². The Hall–Kier alpha value is -3.22. The minimum Gasteiger partial charge on any atom is -0.480 e. The van der Waals surface area contributed by atoms with Gasteiger partial charge in [0.05, 0.1) is 13.7 Å². The first-order valence-electron chi connectivity index (χ1n) is 9.44. The molecule has 0 aliphatic carbocycles. The van der Waals surface area contributed by atoms with Crippen LogP contribution >= 0.6 is 0 Å². The van der Waals surface area contributed by atoms with Crippen LogP contribution in [0.4, 0.5) is 0 Å². The molecule has 144 valence electrons. The third kappa shape index (κ3) is 3.74. The van der Waals surface area contributed by atoms with Gasteiger partial charge in [0, 0.05) is 50.0 Å². The molecule has 1 amide bonds. The van der Waals surface area contributed by atoms with E-state index in [2.05, 4.69) is 25.6 Å². The molecule has 28 heavy (non-hydrogen) atoms. The molecule has 1 fully saturated rings. The predicted octanol–water partition coefficient (Wildman–Crippen LogP) is 2.75. The Morgan fingerprint density at radius 3 is 2.93 bits per heavy atom. The van der Waals surface area contributed by atoms with E-state index in [1.54, 1.807) is 24.5 Å². The van der Waals surface area contributed by atoms with Crippen molar-refractivity contribution in [3.63, 3.8) is 0 Å². The highest BCUT2D eigenvalue weighted by Gasteiger charge is 2.29. The lowest BCUT2D eigenvalue weighted by Gasteiger charge is -2.33. The maximum Gasteiger partial charge on any atom is 0.259 e. The second-order valence-electron chi connectivity index (χ2n) is 6.93. The van der Waals surface area contributed by atoms with Crippen molar-refractivity contribution >= 4 is 5.91 Å². The first-order chi connectivity index (χ1) is 13.8. The molecule has 3 aromatic heterocycles. The van der Waals surface area contributed by atoms with Gasteiger partial charge in [0.1, 0.15) is 11.4 Å². The summed E-state index contributed by atoms with van der Waals surface area (Å²) in [6, 6.07) is 7.52. The lowest BCUT2D eigenvalue weighted by atomic mass is 9.96. The molecule has 4 rings (SSSR count). The Bertz CT molecular complexity index is 941. The van der Waals surface area contributed by atoms with Crippen molar-refractivity contribution in [2.45, 2.75) is 25.3 Å². The summed E-state index contributed by atoms with van der Waals surface area (Å²) >= 11 is 0. The average molecular weight is 377 g/mol. The molecule has 0 spiro atoms. The number of piperidine rings is 1. The molecule has 7 nitrogen and oxygen atoms in total. The quantitative estimate of drug-likeness (QED) is 0.684. The lowest BCUT2D eigenvalue weighted by molar-refractivity contribution is 0.0699. The van der Waals surface area contributed by atoms with E-state index in [1.165, 1.54) is 7.11 Å². The third-order valence-corrected chi connectivity index (χ3v) is 5.09. The first kappa shape index (κ1) is 18.2. The summed E-state index contributed by atoms with van der Waals surface area (Å²) in [6.45, 7) is 2.10. The Morgan fingerprint density at radius 1 is 1.21 bits per heavy atom. The Balaban J connectivity index is 1.52. The van der Waals surface area contributed by atoms with Crippen LogP contribution in [0.25, 0.3) is 0 Å². The molecular formula is C21H23N5O2. The molecule has 0 bridgehead atoms. The number of ether oxygens (including phenoxy) is 1. The number of pyridine rings is 2. The van der Waals surface area contributed by atoms with Crippen LogP contribution in [0.15, 0.2) is 55.2 Å². The van der Waals surface area contributed by atoms with Gasteiger partial charge in [-0.15, -0.1) is 0 Å². The van der Waals surface area contributed by atoms with Gasteiger partial charge in [-0.05, 0) is 36.6 Å². The molecule has 3 aromatic rings. The molecule has 0 radical (unpaired) electrons. The highest BCUT2D eigenvalue weighted by Crippen LogP contribution is 2.28. The van der Waals surface area contributed by atoms with Gasteiger partial charge in [-0.25, -0.2) is 9.97 Å². The monoisotopic (exact) mass is 377 g/mol. The number of amides is 1. The summed E-state index contributed by atoms with van der Waals surface area (Å²) in [5.41, 5.74) is 1.63. The van der Waals surface area contributed by atoms with Gasteiger partial charge >= 0.3 is 0 Å². The Morgan fingerprint density at radius 2 is 2.11 bits per heavy atom. The molecule has 1 saturated heterocycles. The SMILES string of the molecule is COc1ncccc1C(=O)N1CCC[C@@H](c2nccn2Cc2cccnc2)C1. The minimum absolute atomic E-state index is 0.0417. The number of carbonyl (C=O) groups excluding carboxylic acids is 1. The number of carbonyl (C=O) groups is 1. The van der Waals surface area contributed by atoms with E-state index in [0.717, 1.165) is 37.3 Å². The third-order valence-electron chi connectivity index (χ3n) is 5.09. The fraction of sp³-hybridized carbons (Fsp3) is 0.333. The summed E-state index contributed by atoms with van der Waals surface area (Å²) in [4.78, 5) is 27.9. The smallest absolute Gasteiger partial charge is 0.259 e. The molecule has 1 aliphatic heterocycles. The van der Waals surface area contributed by atoms with Gasteiger partial charge in [0.25, 0.3) is 5.91 Å². The van der Waals surface area contributed by atoms with E-state index in [9.17, 15) is 4.79 Å². The maximum atomic E-state index is 13.0. The molecule has 0 unspecified atom stereocenters. The van der Waals surface area contributed by atoms with Crippen LogP contribution in [0.1, 0.15) is 40.5 Å². The van der Waals surface area contributed by atoms with Crippen molar-refractivity contribution in [2.75, 3.05) is 20.2 Å². The summed E-state index contributed by atoms with van der Waals surface area (Å²) < 4.78 is 7.41. The second-order valence-corrected chi connectivity index (χ2v) is 6.93. The normalized spacial score (nSPS) is 16.8. The van der Waals surface area contributed by atoms with Gasteiger partial charge in [-0.3, -0.25) is 9.78 Å². The molecule has 4 heterocycles. The van der Waals surface area contributed by atoms with Crippen molar-refractivity contribution in [3.8, 4) is 5.88 Å². The number of rotatable bonds is 5. The molecule has 1 atom stereocenters. The van der Waals surface area contributed by atoms with Crippen LogP contribution in [0.2, 0.25) is 0 Å². The molecular weight excluding hydrogens is 354 g/mol. The van der Waals surface area contributed by atoms with E-state index < -0.39 is 0 Å². The zero-order valence-electron chi connectivity index (χ0n) is 15.9. The van der Waals surface area contributed by atoms with Gasteiger partial charge in [-0.2, -0.15) is 0 Å². The van der Waals surface area contributed by atoms with Gasteiger partial charge < -0.3 is 14.2 Å². The number of nitrogens with zero attached hydrogens (tertiary/aromatic N) is 5. The fourth-order valence-corrected chi connectivity index (χ4v) is 3.76. The van der Waals surface area contributed by atoms with E-state index in [4.69, 9.17) is 4.74 Å². The predicted molar refractivity (Wildman–Crippen MR) is 104 cm³/mol. The molecule has 0 saturated carbocycles. The number of hydrogen-bond acceptors (Lipinski definition) is 5. The van der Waals surface area contributed by atoms with Gasteiger partial charge in [-0.1, -0.05) is 6.07 Å². The van der Waals surface area contributed by atoms with Crippen LogP contribution in [-0.2, 0) is 6.54 Å². The summed E-state index contributed by atoms with van der Waals surface area (Å²) in [7, 11) is 1.54. The van der Waals surface area contributed by atoms with E-state index in [1.807, 2.05) is 29.6 Å². The van der Waals surface area contributed by atoms with Crippen molar-refractivity contribution in [3.05, 3.63) is 72.2 Å². The van der Waals surface area contributed by atoms with Crippen molar-refractivity contribution in [2.24, 2.45) is 0 Å². The average Bonchev–Trinajstić information content (AvgIpc) is 3.22. The lowest BCUT2D eigenvalue weighted by Crippen LogP contribution is -2.40. The Kier molecular flexibility index (Phi) is 5.32. The largest absolute Gasteiger partial charge is 0.480 e. The molecule has 1 aliphatic rings. The van der Waals surface area contributed by atoms with E-state index in [0.29, 0.717) is 18.0 Å². The second kappa shape index (κ2) is 8.21. The first-order valence-corrected chi connectivity index (χ1v) is 9.44. The number of aromatic nitrogens is 4. The Labute approximate surface area is 164 Å². The van der Waals surface area contributed by atoms with Gasteiger partial charge in [0.2, 0.25) is 5.88 Å². The van der Waals surface area contributed by atoms with Crippen LogP contribution in [0.5, 0.6) is 5.88 Å². The van der Waals surface area contributed by atoms with Crippen molar-refractivity contribution < 1.29 is 9.53 Å². The van der Waals surface area contributed by atoms with Crippen LogP contribution in [0.3, 0.4) is 0 Å². The number of likely N-dealkylation sites (tertiary alicyclic amines) is 1. The van der Waals surface area contributed by atoms with E-state index >= 15 is 0 Å². The summed E-state index contributed by atoms with van der Waals surface area (Å²) in [5, 5.41) is 0. The topological polar surface area (TPSA) is 73.1 Å². The maximum absolute atomic E-state index is 13.0. The fourth-order valence-electron chi connectivity index (χ4n) is 3.76. The van der Waals surface area contributed by atoms with Gasteiger partial charge in [0.15, 0.2) is 0 Å². The van der Waals surface area contributed by atoms with Crippen LogP contribution < -0.4 is 4.74 Å². The highest BCUT2D eigenvalue weighted by atomic mass is 16.5. The van der Waals surface area contributed by atoms with E-state index in [-0.39, 0.29) is 11.8 Å². The van der Waals surface area contributed by atoms with Crippen molar-refractivity contribution in [1.82, 2.24) is 24.4 Å². The number of methoxy groups -OCH3 is 1. The zero-order chi connectivity index (χ0) is 19.3. The minimum atomic E-state index is -0.0417. The van der Waals surface area contributed by atoms with Crippen LogP contribution in [-0.4, -0.2) is 50.5 Å². The summed E-state index contributed by atoms with van der Waals surface area (Å²) in [6.07, 6.45) is 11.1. The van der Waals surface area contributed by atoms with Crippen LogP contribution in [0, 0.1) is 0 Å². The highest BCUT2D eigenvalue weighted by molar-refractivity contribution is 5.96. The number of hydrogen-bond donors (Lipinski definition) is 0. The summed E-state index contributed by atoms with van der Waals surface area (Å²) in [5.74, 6) is 1.54. The zero-order valence-corrected chi connectivity index (χ0v) is 15.9. The number of imidazole rings is 1. The molecule has 0 N–H and O–H groups in total.